The third kappa shape index (κ3) is 4.43. The standard InChI is InChI=1S/C44H32N2O/c1-29-22-24-35-36-25-23-30(2)27-42(36)46(41(35)26-29)39-19-8-6-16-34(39)31-12-10-15-33(28-31)45(32-13-4-3-5-14-32)40-20-11-18-38-37-17-7-9-21-43(37)47-44(38)40/h3-28H,1-2H3. The molecule has 0 saturated carbocycles. The minimum absolute atomic E-state index is 0.874. The Balaban J connectivity index is 1.27. The third-order valence-electron chi connectivity index (χ3n) is 9.28. The molecule has 0 aliphatic carbocycles. The Bertz CT molecular complexity index is 2550. The monoisotopic (exact) mass is 604 g/mol. The zero-order valence-corrected chi connectivity index (χ0v) is 26.3. The van der Waals surface area contributed by atoms with Crippen molar-refractivity contribution in [3.8, 4) is 16.8 Å². The Morgan fingerprint density at radius 1 is 0.489 bits per heavy atom. The number of nitrogens with zero attached hydrogens (tertiary/aromatic N) is 2. The van der Waals surface area contributed by atoms with Gasteiger partial charge in [0.15, 0.2) is 5.58 Å². The van der Waals surface area contributed by atoms with Gasteiger partial charge in [-0.2, -0.15) is 0 Å². The number of para-hydroxylation sites is 4. The van der Waals surface area contributed by atoms with Crippen molar-refractivity contribution in [2.75, 3.05) is 4.90 Å². The second kappa shape index (κ2) is 10.8. The van der Waals surface area contributed by atoms with Crippen LogP contribution in [-0.2, 0) is 0 Å². The number of rotatable bonds is 5. The Morgan fingerprint density at radius 2 is 1.13 bits per heavy atom. The molecule has 0 atom stereocenters. The highest BCUT2D eigenvalue weighted by molar-refractivity contribution is 6.11. The number of fused-ring (bicyclic) bond motifs is 6. The molecule has 0 unspecified atom stereocenters. The van der Waals surface area contributed by atoms with Crippen LogP contribution in [0.3, 0.4) is 0 Å². The van der Waals surface area contributed by atoms with Gasteiger partial charge in [-0.3, -0.25) is 0 Å². The minimum atomic E-state index is 0.874. The van der Waals surface area contributed by atoms with Crippen LogP contribution in [0.2, 0.25) is 0 Å². The molecule has 0 N–H and O–H groups in total. The highest BCUT2D eigenvalue weighted by Gasteiger charge is 2.21. The molecule has 0 saturated heterocycles. The number of aryl methyl sites for hydroxylation is 2. The van der Waals surface area contributed by atoms with E-state index in [0.29, 0.717) is 0 Å². The summed E-state index contributed by atoms with van der Waals surface area (Å²) in [5.41, 5.74) is 13.3. The largest absolute Gasteiger partial charge is 0.454 e. The molecule has 224 valence electrons. The summed E-state index contributed by atoms with van der Waals surface area (Å²) in [5, 5.41) is 4.76. The van der Waals surface area contributed by atoms with Crippen LogP contribution in [0, 0.1) is 13.8 Å². The zero-order chi connectivity index (χ0) is 31.5. The fourth-order valence-corrected chi connectivity index (χ4v) is 7.14. The van der Waals surface area contributed by atoms with Crippen molar-refractivity contribution >= 4 is 60.8 Å². The number of anilines is 3. The predicted molar refractivity (Wildman–Crippen MR) is 198 cm³/mol. The first-order chi connectivity index (χ1) is 23.1. The molecule has 9 aromatic rings. The lowest BCUT2D eigenvalue weighted by atomic mass is 10.0. The lowest BCUT2D eigenvalue weighted by Gasteiger charge is -2.26. The van der Waals surface area contributed by atoms with Crippen molar-refractivity contribution in [1.29, 1.82) is 0 Å². The summed E-state index contributed by atoms with van der Waals surface area (Å²) in [6, 6.07) is 56.5. The summed E-state index contributed by atoms with van der Waals surface area (Å²) < 4.78 is 8.99. The Kier molecular flexibility index (Phi) is 6.26. The van der Waals surface area contributed by atoms with E-state index in [1.807, 2.05) is 12.1 Å². The quantitative estimate of drug-likeness (QED) is 0.195. The second-order valence-electron chi connectivity index (χ2n) is 12.4. The van der Waals surface area contributed by atoms with Crippen LogP contribution >= 0.6 is 0 Å². The lowest BCUT2D eigenvalue weighted by molar-refractivity contribution is 0.669. The van der Waals surface area contributed by atoms with Gasteiger partial charge in [-0.1, -0.05) is 103 Å². The van der Waals surface area contributed by atoms with E-state index in [9.17, 15) is 0 Å². The molecule has 2 aromatic heterocycles. The molecule has 0 fully saturated rings. The van der Waals surface area contributed by atoms with Gasteiger partial charge in [0.1, 0.15) is 5.58 Å². The molecule has 47 heavy (non-hydrogen) atoms. The first kappa shape index (κ1) is 27.3. The fourth-order valence-electron chi connectivity index (χ4n) is 7.14. The molecule has 0 aliphatic rings. The maximum atomic E-state index is 6.55. The Labute approximate surface area is 273 Å². The first-order valence-electron chi connectivity index (χ1n) is 16.1. The summed E-state index contributed by atoms with van der Waals surface area (Å²) in [4.78, 5) is 2.31. The molecule has 0 aliphatic heterocycles. The van der Waals surface area contributed by atoms with E-state index in [4.69, 9.17) is 4.42 Å². The minimum Gasteiger partial charge on any atom is -0.454 e. The van der Waals surface area contributed by atoms with E-state index in [1.54, 1.807) is 0 Å². The van der Waals surface area contributed by atoms with Gasteiger partial charge in [-0.15, -0.1) is 0 Å². The predicted octanol–water partition coefficient (Wildman–Crippen LogP) is 12.4. The van der Waals surface area contributed by atoms with Crippen LogP contribution in [0.5, 0.6) is 0 Å². The normalized spacial score (nSPS) is 11.6. The summed E-state index contributed by atoms with van der Waals surface area (Å²) >= 11 is 0. The number of hydrogen-bond acceptors (Lipinski definition) is 2. The van der Waals surface area contributed by atoms with Crippen LogP contribution in [0.1, 0.15) is 11.1 Å². The van der Waals surface area contributed by atoms with Gasteiger partial charge in [0, 0.05) is 38.5 Å². The van der Waals surface area contributed by atoms with Crippen molar-refractivity contribution in [1.82, 2.24) is 4.57 Å². The van der Waals surface area contributed by atoms with Crippen LogP contribution < -0.4 is 4.90 Å². The summed E-state index contributed by atoms with van der Waals surface area (Å²) in [6.45, 7) is 4.34. The molecule has 0 bridgehead atoms. The summed E-state index contributed by atoms with van der Waals surface area (Å²) in [5.74, 6) is 0. The summed E-state index contributed by atoms with van der Waals surface area (Å²) in [7, 11) is 0. The van der Waals surface area contributed by atoms with Crippen molar-refractivity contribution < 1.29 is 4.42 Å². The van der Waals surface area contributed by atoms with Gasteiger partial charge in [0.25, 0.3) is 0 Å². The SMILES string of the molecule is Cc1ccc2c3ccc(C)cc3n(-c3ccccc3-c3cccc(N(c4ccccc4)c4cccc5c4oc4ccccc45)c3)c2c1. The van der Waals surface area contributed by atoms with E-state index in [-0.39, 0.29) is 0 Å². The van der Waals surface area contributed by atoms with E-state index in [0.717, 1.165) is 50.3 Å². The van der Waals surface area contributed by atoms with E-state index >= 15 is 0 Å². The van der Waals surface area contributed by atoms with E-state index in [1.165, 1.54) is 38.5 Å². The Morgan fingerprint density at radius 3 is 1.91 bits per heavy atom. The third-order valence-corrected chi connectivity index (χ3v) is 9.28. The molecule has 0 radical (unpaired) electrons. The molecule has 9 rings (SSSR count). The maximum Gasteiger partial charge on any atom is 0.159 e. The topological polar surface area (TPSA) is 21.3 Å². The molecule has 0 spiro atoms. The highest BCUT2D eigenvalue weighted by Crippen LogP contribution is 2.43. The van der Waals surface area contributed by atoms with Crippen LogP contribution in [0.25, 0.3) is 60.6 Å². The number of furan rings is 1. The number of hydrogen-bond donors (Lipinski definition) is 0. The smallest absolute Gasteiger partial charge is 0.159 e. The number of aromatic nitrogens is 1. The molecule has 7 aromatic carbocycles. The molecule has 3 heteroatoms. The molecular weight excluding hydrogens is 572 g/mol. The van der Waals surface area contributed by atoms with Gasteiger partial charge >= 0.3 is 0 Å². The molecular formula is C44H32N2O. The van der Waals surface area contributed by atoms with Crippen molar-refractivity contribution in [2.24, 2.45) is 0 Å². The van der Waals surface area contributed by atoms with Crippen LogP contribution in [0.15, 0.2) is 162 Å². The fraction of sp³-hybridized carbons (Fsp3) is 0.0455. The first-order valence-corrected chi connectivity index (χ1v) is 16.1. The van der Waals surface area contributed by atoms with Gasteiger partial charge in [0.2, 0.25) is 0 Å². The van der Waals surface area contributed by atoms with Crippen molar-refractivity contribution in [3.05, 3.63) is 169 Å². The average molecular weight is 605 g/mol. The van der Waals surface area contributed by atoms with Gasteiger partial charge in [0.05, 0.1) is 22.4 Å². The van der Waals surface area contributed by atoms with Gasteiger partial charge < -0.3 is 13.9 Å². The van der Waals surface area contributed by atoms with Gasteiger partial charge in [-0.05, 0) is 85.1 Å². The van der Waals surface area contributed by atoms with E-state index < -0.39 is 0 Å². The van der Waals surface area contributed by atoms with Crippen molar-refractivity contribution in [3.63, 3.8) is 0 Å². The molecule has 0 amide bonds. The van der Waals surface area contributed by atoms with Crippen LogP contribution in [0.4, 0.5) is 17.1 Å². The van der Waals surface area contributed by atoms with E-state index in [2.05, 4.69) is 169 Å². The zero-order valence-electron chi connectivity index (χ0n) is 26.3. The summed E-state index contributed by atoms with van der Waals surface area (Å²) in [6.07, 6.45) is 0. The molecule has 3 nitrogen and oxygen atoms in total. The highest BCUT2D eigenvalue weighted by atomic mass is 16.3. The second-order valence-corrected chi connectivity index (χ2v) is 12.4. The van der Waals surface area contributed by atoms with Crippen molar-refractivity contribution in [2.45, 2.75) is 13.8 Å². The Hall–Kier alpha value is -6.06. The maximum absolute atomic E-state index is 6.55. The number of benzene rings is 7. The molecule has 2 heterocycles. The lowest BCUT2D eigenvalue weighted by Crippen LogP contribution is -2.10. The average Bonchev–Trinajstić information content (AvgIpc) is 3.64. The van der Waals surface area contributed by atoms with Crippen LogP contribution in [-0.4, -0.2) is 4.57 Å². The van der Waals surface area contributed by atoms with Gasteiger partial charge in [-0.25, -0.2) is 0 Å².